The van der Waals surface area contributed by atoms with Gasteiger partial charge in [0, 0.05) is 25.7 Å². The highest BCUT2D eigenvalue weighted by molar-refractivity contribution is 7.89. The molecule has 7 heteroatoms. The number of guanidine groups is 1. The molecule has 1 aliphatic rings. The van der Waals surface area contributed by atoms with Crippen LogP contribution in [0.25, 0.3) is 0 Å². The number of nitrogens with one attached hydrogen (secondary N) is 2. The minimum absolute atomic E-state index is 0.281. The highest BCUT2D eigenvalue weighted by Gasteiger charge is 2.27. The second kappa shape index (κ2) is 10.0. The zero-order valence-corrected chi connectivity index (χ0v) is 15.1. The van der Waals surface area contributed by atoms with Gasteiger partial charge in [-0.25, -0.2) is 12.7 Å². The lowest BCUT2D eigenvalue weighted by Gasteiger charge is -2.18. The number of aliphatic imine (C=N–C) groups is 1. The van der Waals surface area contributed by atoms with Crippen LogP contribution >= 0.6 is 0 Å². The summed E-state index contributed by atoms with van der Waals surface area (Å²) in [7, 11) is -3.01. The van der Waals surface area contributed by atoms with E-state index in [1.807, 2.05) is 6.92 Å². The number of hydrogen-bond acceptors (Lipinski definition) is 3. The summed E-state index contributed by atoms with van der Waals surface area (Å²) in [5.74, 6) is 1.06. The van der Waals surface area contributed by atoms with Crippen LogP contribution in [0.4, 0.5) is 0 Å². The summed E-state index contributed by atoms with van der Waals surface area (Å²) >= 11 is 0. The van der Waals surface area contributed by atoms with Crippen molar-refractivity contribution in [1.29, 1.82) is 0 Å². The van der Waals surface area contributed by atoms with Gasteiger partial charge in [0.05, 0.1) is 12.3 Å². The maximum absolute atomic E-state index is 11.7. The van der Waals surface area contributed by atoms with Crippen LogP contribution in [0, 0.1) is 0 Å². The SMILES string of the molecule is CCCCCC(C)NC(=NCCN1CCCS1(=O)=O)NCC. The predicted octanol–water partition coefficient (Wildman–Crippen LogP) is 1.55. The first kappa shape index (κ1) is 19.2. The molecule has 0 radical (unpaired) electrons. The Morgan fingerprint density at radius 3 is 2.68 bits per heavy atom. The van der Waals surface area contributed by atoms with Crippen LogP contribution in [0.5, 0.6) is 0 Å². The van der Waals surface area contributed by atoms with Gasteiger partial charge in [-0.05, 0) is 26.7 Å². The first-order chi connectivity index (χ1) is 10.5. The van der Waals surface area contributed by atoms with E-state index >= 15 is 0 Å². The molecule has 130 valence electrons. The maximum atomic E-state index is 11.7. The smallest absolute Gasteiger partial charge is 0.214 e. The fraction of sp³-hybridized carbons (Fsp3) is 0.933. The minimum atomic E-state index is -3.01. The van der Waals surface area contributed by atoms with Crippen molar-refractivity contribution in [1.82, 2.24) is 14.9 Å². The topological polar surface area (TPSA) is 73.8 Å². The third-order valence-electron chi connectivity index (χ3n) is 3.79. The molecule has 1 unspecified atom stereocenters. The predicted molar refractivity (Wildman–Crippen MR) is 92.7 cm³/mol. The molecule has 0 aliphatic carbocycles. The molecule has 0 aromatic rings. The average molecular weight is 333 g/mol. The van der Waals surface area contributed by atoms with E-state index in [0.29, 0.717) is 25.7 Å². The Morgan fingerprint density at radius 1 is 1.32 bits per heavy atom. The maximum Gasteiger partial charge on any atom is 0.214 e. The highest BCUT2D eigenvalue weighted by Crippen LogP contribution is 2.12. The lowest BCUT2D eigenvalue weighted by Crippen LogP contribution is -2.42. The van der Waals surface area contributed by atoms with E-state index in [2.05, 4.69) is 29.5 Å². The van der Waals surface area contributed by atoms with Crippen molar-refractivity contribution < 1.29 is 8.42 Å². The summed E-state index contributed by atoms with van der Waals surface area (Å²) in [6, 6.07) is 0.375. The van der Waals surface area contributed by atoms with Gasteiger partial charge in [0.25, 0.3) is 0 Å². The van der Waals surface area contributed by atoms with Crippen molar-refractivity contribution in [2.24, 2.45) is 4.99 Å². The van der Waals surface area contributed by atoms with Crippen LogP contribution in [0.3, 0.4) is 0 Å². The Morgan fingerprint density at radius 2 is 2.09 bits per heavy atom. The van der Waals surface area contributed by atoms with Gasteiger partial charge in [0.2, 0.25) is 10.0 Å². The third-order valence-corrected chi connectivity index (χ3v) is 5.75. The van der Waals surface area contributed by atoms with Gasteiger partial charge in [0.15, 0.2) is 5.96 Å². The lowest BCUT2D eigenvalue weighted by molar-refractivity contribution is 0.451. The first-order valence-corrected chi connectivity index (χ1v) is 10.1. The van der Waals surface area contributed by atoms with Crippen LogP contribution in [-0.4, -0.2) is 56.7 Å². The minimum Gasteiger partial charge on any atom is -0.357 e. The fourth-order valence-electron chi connectivity index (χ4n) is 2.54. The van der Waals surface area contributed by atoms with Gasteiger partial charge in [-0.3, -0.25) is 4.99 Å². The highest BCUT2D eigenvalue weighted by atomic mass is 32.2. The molecule has 22 heavy (non-hydrogen) atoms. The molecule has 0 spiro atoms. The molecule has 1 aliphatic heterocycles. The molecule has 0 aromatic heterocycles. The van der Waals surface area contributed by atoms with Crippen LogP contribution in [-0.2, 0) is 10.0 Å². The molecule has 0 saturated carbocycles. The van der Waals surface area contributed by atoms with E-state index in [1.54, 1.807) is 4.31 Å². The summed E-state index contributed by atoms with van der Waals surface area (Å²) in [5.41, 5.74) is 0. The Labute approximate surface area is 135 Å². The van der Waals surface area contributed by atoms with Crippen molar-refractivity contribution in [2.75, 3.05) is 31.9 Å². The number of sulfonamides is 1. The van der Waals surface area contributed by atoms with Crippen LogP contribution in [0.15, 0.2) is 4.99 Å². The van der Waals surface area contributed by atoms with Crippen molar-refractivity contribution in [3.8, 4) is 0 Å². The summed E-state index contributed by atoms with van der Waals surface area (Å²) in [6.07, 6.45) is 5.56. The molecular formula is C15H32N4O2S. The second-order valence-electron chi connectivity index (χ2n) is 5.87. The Hall–Kier alpha value is -0.820. The normalized spacial score (nSPS) is 20.0. The van der Waals surface area contributed by atoms with E-state index in [0.717, 1.165) is 25.3 Å². The molecule has 1 rings (SSSR count). The van der Waals surface area contributed by atoms with Gasteiger partial charge in [-0.15, -0.1) is 0 Å². The molecule has 0 bridgehead atoms. The van der Waals surface area contributed by atoms with Crippen LogP contribution in [0.1, 0.15) is 52.9 Å². The monoisotopic (exact) mass is 332 g/mol. The van der Waals surface area contributed by atoms with Gasteiger partial charge >= 0.3 is 0 Å². The second-order valence-corrected chi connectivity index (χ2v) is 7.96. The molecule has 1 atom stereocenters. The van der Waals surface area contributed by atoms with E-state index in [4.69, 9.17) is 0 Å². The van der Waals surface area contributed by atoms with E-state index in [-0.39, 0.29) is 5.75 Å². The zero-order valence-electron chi connectivity index (χ0n) is 14.3. The first-order valence-electron chi connectivity index (χ1n) is 8.52. The van der Waals surface area contributed by atoms with Gasteiger partial charge in [-0.1, -0.05) is 26.2 Å². The fourth-order valence-corrected chi connectivity index (χ4v) is 4.06. The Balaban J connectivity index is 2.41. The summed E-state index contributed by atoms with van der Waals surface area (Å²) < 4.78 is 25.0. The molecule has 1 heterocycles. The average Bonchev–Trinajstić information content (AvgIpc) is 2.78. The number of unbranched alkanes of at least 4 members (excludes halogenated alkanes) is 2. The van der Waals surface area contributed by atoms with E-state index < -0.39 is 10.0 Å². The number of hydrogen-bond donors (Lipinski definition) is 2. The largest absolute Gasteiger partial charge is 0.357 e. The number of nitrogens with zero attached hydrogens (tertiary/aromatic N) is 2. The van der Waals surface area contributed by atoms with Crippen LogP contribution in [0.2, 0.25) is 0 Å². The molecule has 6 nitrogen and oxygen atoms in total. The lowest BCUT2D eigenvalue weighted by atomic mass is 10.1. The molecule has 1 fully saturated rings. The summed E-state index contributed by atoms with van der Waals surface area (Å²) in [4.78, 5) is 4.50. The Bertz CT molecular complexity index is 437. The number of rotatable bonds is 9. The molecule has 2 N–H and O–H groups in total. The molecule has 0 aromatic carbocycles. The zero-order chi connectivity index (χ0) is 16.4. The van der Waals surface area contributed by atoms with Crippen molar-refractivity contribution in [2.45, 2.75) is 58.9 Å². The van der Waals surface area contributed by atoms with E-state index in [1.165, 1.54) is 19.3 Å². The third kappa shape index (κ3) is 6.96. The summed E-state index contributed by atoms with van der Waals surface area (Å²) in [5, 5.41) is 6.61. The standard InChI is InChI=1S/C15H32N4O2S/c1-4-6-7-9-14(3)18-15(16-5-2)17-10-12-19-11-8-13-22(19,20)21/h14H,4-13H2,1-3H3,(H2,16,17,18). The van der Waals surface area contributed by atoms with Crippen molar-refractivity contribution in [3.63, 3.8) is 0 Å². The van der Waals surface area contributed by atoms with Crippen molar-refractivity contribution in [3.05, 3.63) is 0 Å². The van der Waals surface area contributed by atoms with Crippen molar-refractivity contribution >= 4 is 16.0 Å². The van der Waals surface area contributed by atoms with E-state index in [9.17, 15) is 8.42 Å². The molecule has 1 saturated heterocycles. The molecular weight excluding hydrogens is 300 g/mol. The van der Waals surface area contributed by atoms with Crippen LogP contribution < -0.4 is 10.6 Å². The quantitative estimate of drug-likeness (QED) is 0.382. The van der Waals surface area contributed by atoms with Gasteiger partial charge < -0.3 is 10.6 Å². The van der Waals surface area contributed by atoms with Gasteiger partial charge in [0.1, 0.15) is 0 Å². The molecule has 0 amide bonds. The van der Waals surface area contributed by atoms with Gasteiger partial charge in [-0.2, -0.15) is 0 Å². The Kier molecular flexibility index (Phi) is 8.78. The summed E-state index contributed by atoms with van der Waals surface area (Å²) in [6.45, 7) is 8.80.